The second kappa shape index (κ2) is 9.45. The molecule has 0 radical (unpaired) electrons. The van der Waals surface area contributed by atoms with Gasteiger partial charge >= 0.3 is 0 Å². The third kappa shape index (κ3) is 5.03. The van der Waals surface area contributed by atoms with Crippen molar-refractivity contribution in [2.45, 2.75) is 32.4 Å². The first kappa shape index (κ1) is 19.3. The van der Waals surface area contributed by atoms with Crippen molar-refractivity contribution in [1.82, 2.24) is 9.55 Å². The Morgan fingerprint density at radius 1 is 1.21 bits per heavy atom. The second-order valence-corrected chi connectivity index (χ2v) is 6.41. The molecular weight excluding hydrogens is 356 g/mol. The fraction of sp³-hybridized carbons (Fsp3) is 0.238. The summed E-state index contributed by atoms with van der Waals surface area (Å²) in [5.74, 6) is 0. The summed E-state index contributed by atoms with van der Waals surface area (Å²) in [5, 5.41) is 14.6. The maximum atomic E-state index is 10.6. The minimum atomic E-state index is -0.426. The maximum absolute atomic E-state index is 10.6. The predicted molar refractivity (Wildman–Crippen MR) is 107 cm³/mol. The Bertz CT molecular complexity index is 904. The molecule has 1 heterocycles. The van der Waals surface area contributed by atoms with Gasteiger partial charge in [-0.1, -0.05) is 42.8 Å². The lowest BCUT2D eigenvalue weighted by Crippen LogP contribution is -2.08. The molecule has 0 aliphatic carbocycles. The van der Waals surface area contributed by atoms with Gasteiger partial charge in [0.1, 0.15) is 6.61 Å². The highest BCUT2D eigenvalue weighted by molar-refractivity contribution is 5.79. The third-order valence-corrected chi connectivity index (χ3v) is 4.42. The van der Waals surface area contributed by atoms with E-state index in [9.17, 15) is 10.1 Å². The van der Waals surface area contributed by atoms with Crippen molar-refractivity contribution in [3.8, 4) is 0 Å². The van der Waals surface area contributed by atoms with Gasteiger partial charge in [-0.3, -0.25) is 10.1 Å². The van der Waals surface area contributed by atoms with Gasteiger partial charge in [0.2, 0.25) is 0 Å². The summed E-state index contributed by atoms with van der Waals surface area (Å²) >= 11 is 0. The normalized spacial score (nSPS) is 12.2. The van der Waals surface area contributed by atoms with Crippen LogP contribution in [0.15, 0.2) is 72.4 Å². The molecule has 2 aromatic carbocycles. The molecule has 0 aliphatic rings. The van der Waals surface area contributed by atoms with Crippen LogP contribution in [0.1, 0.15) is 42.5 Å². The van der Waals surface area contributed by atoms with Gasteiger partial charge in [0, 0.05) is 24.5 Å². The van der Waals surface area contributed by atoms with E-state index < -0.39 is 4.92 Å². The first-order valence-electron chi connectivity index (χ1n) is 9.13. The molecule has 144 valence electrons. The van der Waals surface area contributed by atoms with E-state index in [4.69, 9.17) is 4.84 Å². The zero-order valence-corrected chi connectivity index (χ0v) is 15.6. The average Bonchev–Trinajstić information content (AvgIpc) is 3.25. The molecule has 3 rings (SSSR count). The molecule has 1 aromatic heterocycles. The SMILES string of the molecule is CCCC(c1ccc(/C=N/OCc2ccc([N+](=O)[O-])cc2)cc1)n1ccnc1. The van der Waals surface area contributed by atoms with Gasteiger partial charge < -0.3 is 9.40 Å². The average molecular weight is 378 g/mol. The lowest BCUT2D eigenvalue weighted by atomic mass is 10.0. The van der Waals surface area contributed by atoms with Crippen molar-refractivity contribution in [3.05, 3.63) is 94.1 Å². The minimum absolute atomic E-state index is 0.0596. The molecular formula is C21H22N4O3. The Morgan fingerprint density at radius 3 is 2.57 bits per heavy atom. The number of nitro groups is 1. The lowest BCUT2D eigenvalue weighted by molar-refractivity contribution is -0.384. The molecule has 7 heteroatoms. The zero-order chi connectivity index (χ0) is 19.8. The van der Waals surface area contributed by atoms with Gasteiger partial charge in [-0.25, -0.2) is 4.98 Å². The van der Waals surface area contributed by atoms with Crippen molar-refractivity contribution in [2.75, 3.05) is 0 Å². The summed E-state index contributed by atoms with van der Waals surface area (Å²) in [6.07, 6.45) is 9.42. The number of nitrogens with zero attached hydrogens (tertiary/aromatic N) is 4. The zero-order valence-electron chi connectivity index (χ0n) is 15.6. The molecule has 0 saturated heterocycles. The van der Waals surface area contributed by atoms with E-state index in [1.165, 1.54) is 17.7 Å². The number of oxime groups is 1. The number of rotatable bonds is 9. The number of aromatic nitrogens is 2. The number of hydrogen-bond donors (Lipinski definition) is 0. The molecule has 0 aliphatic heterocycles. The molecule has 0 N–H and O–H groups in total. The summed E-state index contributed by atoms with van der Waals surface area (Å²) in [7, 11) is 0. The van der Waals surface area contributed by atoms with E-state index >= 15 is 0 Å². The number of nitro benzene ring substituents is 1. The Balaban J connectivity index is 1.56. The molecule has 1 unspecified atom stereocenters. The number of hydrogen-bond acceptors (Lipinski definition) is 5. The van der Waals surface area contributed by atoms with Crippen molar-refractivity contribution in [3.63, 3.8) is 0 Å². The molecule has 1 atom stereocenters. The summed E-state index contributed by atoms with van der Waals surface area (Å²) in [4.78, 5) is 19.7. The standard InChI is InChI=1S/C21H22N4O3/c1-2-3-21(24-13-12-22-16-24)19-8-4-17(5-9-19)14-23-28-15-18-6-10-20(11-7-18)25(26)27/h4-14,16,21H,2-3,15H2,1H3/b23-14+. The van der Waals surface area contributed by atoms with Gasteiger partial charge in [0.05, 0.1) is 23.5 Å². The van der Waals surface area contributed by atoms with Crippen LogP contribution < -0.4 is 0 Å². The van der Waals surface area contributed by atoms with E-state index in [0.717, 1.165) is 24.0 Å². The largest absolute Gasteiger partial charge is 0.391 e. The molecule has 0 fully saturated rings. The van der Waals surface area contributed by atoms with Crippen LogP contribution in [-0.2, 0) is 11.4 Å². The van der Waals surface area contributed by atoms with Crippen LogP contribution in [0, 0.1) is 10.1 Å². The molecule has 0 saturated carbocycles. The first-order valence-corrected chi connectivity index (χ1v) is 9.13. The summed E-state index contributed by atoms with van der Waals surface area (Å²) in [6.45, 7) is 2.43. The van der Waals surface area contributed by atoms with E-state index in [0.29, 0.717) is 0 Å². The Kier molecular flexibility index (Phi) is 6.51. The van der Waals surface area contributed by atoms with Crippen LogP contribution in [0.4, 0.5) is 5.69 Å². The summed E-state index contributed by atoms with van der Waals surface area (Å²) in [5.41, 5.74) is 3.04. The first-order chi connectivity index (χ1) is 13.7. The quantitative estimate of drug-likeness (QED) is 0.306. The van der Waals surface area contributed by atoms with E-state index in [1.807, 2.05) is 24.7 Å². The van der Waals surface area contributed by atoms with Crippen molar-refractivity contribution < 1.29 is 9.76 Å². The topological polar surface area (TPSA) is 82.5 Å². The highest BCUT2D eigenvalue weighted by atomic mass is 16.6. The Labute approximate surface area is 163 Å². The van der Waals surface area contributed by atoms with Crippen molar-refractivity contribution in [2.24, 2.45) is 5.16 Å². The van der Waals surface area contributed by atoms with Gasteiger partial charge in [-0.05, 0) is 35.2 Å². The van der Waals surface area contributed by atoms with Crippen LogP contribution >= 0.6 is 0 Å². The Hall–Kier alpha value is -3.48. The number of imidazole rings is 1. The highest BCUT2D eigenvalue weighted by Gasteiger charge is 2.11. The minimum Gasteiger partial charge on any atom is -0.391 e. The Morgan fingerprint density at radius 2 is 1.96 bits per heavy atom. The van der Waals surface area contributed by atoms with Gasteiger partial charge in [-0.15, -0.1) is 0 Å². The highest BCUT2D eigenvalue weighted by Crippen LogP contribution is 2.23. The fourth-order valence-electron chi connectivity index (χ4n) is 2.94. The number of non-ortho nitro benzene ring substituents is 1. The number of benzene rings is 2. The van der Waals surface area contributed by atoms with Gasteiger partial charge in [-0.2, -0.15) is 0 Å². The van der Waals surface area contributed by atoms with Crippen molar-refractivity contribution >= 4 is 11.9 Å². The predicted octanol–water partition coefficient (Wildman–Crippen LogP) is 4.73. The van der Waals surface area contributed by atoms with Gasteiger partial charge in [0.15, 0.2) is 0 Å². The van der Waals surface area contributed by atoms with Crippen LogP contribution in [0.3, 0.4) is 0 Å². The smallest absolute Gasteiger partial charge is 0.269 e. The molecule has 28 heavy (non-hydrogen) atoms. The summed E-state index contributed by atoms with van der Waals surface area (Å²) in [6, 6.07) is 14.7. The molecule has 0 bridgehead atoms. The van der Waals surface area contributed by atoms with E-state index in [2.05, 4.69) is 33.8 Å². The maximum Gasteiger partial charge on any atom is 0.269 e. The van der Waals surface area contributed by atoms with Crippen molar-refractivity contribution in [1.29, 1.82) is 0 Å². The van der Waals surface area contributed by atoms with Crippen LogP contribution in [0.25, 0.3) is 0 Å². The molecule has 3 aromatic rings. The third-order valence-electron chi connectivity index (χ3n) is 4.42. The second-order valence-electron chi connectivity index (χ2n) is 6.41. The molecule has 7 nitrogen and oxygen atoms in total. The van der Waals surface area contributed by atoms with E-state index in [1.54, 1.807) is 24.5 Å². The van der Waals surface area contributed by atoms with Gasteiger partial charge in [0.25, 0.3) is 5.69 Å². The van der Waals surface area contributed by atoms with E-state index in [-0.39, 0.29) is 18.3 Å². The molecule has 0 spiro atoms. The van der Waals surface area contributed by atoms with Crippen LogP contribution in [0.2, 0.25) is 0 Å². The lowest BCUT2D eigenvalue weighted by Gasteiger charge is -2.18. The molecule has 0 amide bonds. The summed E-state index contributed by atoms with van der Waals surface area (Å²) < 4.78 is 2.12. The monoisotopic (exact) mass is 378 g/mol. The van der Waals surface area contributed by atoms with Crippen LogP contribution in [0.5, 0.6) is 0 Å². The fourth-order valence-corrected chi connectivity index (χ4v) is 2.94. The van der Waals surface area contributed by atoms with Crippen LogP contribution in [-0.4, -0.2) is 20.7 Å².